The molecule has 0 saturated heterocycles. The molecule has 4 nitrogen and oxygen atoms in total. The Labute approximate surface area is 101 Å². The molecule has 90 valence electrons. The second-order valence-corrected chi connectivity index (χ2v) is 4.13. The Morgan fingerprint density at radius 1 is 1.18 bits per heavy atom. The average molecular weight is 231 g/mol. The van der Waals surface area contributed by atoms with Crippen molar-refractivity contribution >= 4 is 0 Å². The van der Waals surface area contributed by atoms with Gasteiger partial charge in [0, 0.05) is 30.1 Å². The highest BCUT2D eigenvalue weighted by atomic mass is 16.3. The average Bonchev–Trinajstić information content (AvgIpc) is 2.78. The first-order valence-electron chi connectivity index (χ1n) is 5.96. The van der Waals surface area contributed by atoms with Crippen LogP contribution in [0.2, 0.25) is 0 Å². The Morgan fingerprint density at radius 3 is 2.82 bits per heavy atom. The van der Waals surface area contributed by atoms with Gasteiger partial charge in [-0.25, -0.2) is 0 Å². The predicted molar refractivity (Wildman–Crippen MR) is 66.6 cm³/mol. The summed E-state index contributed by atoms with van der Waals surface area (Å²) in [5.74, 6) is 0.182. The summed E-state index contributed by atoms with van der Waals surface area (Å²) in [5, 5.41) is 13.7. The van der Waals surface area contributed by atoms with E-state index in [1.54, 1.807) is 12.3 Å². The van der Waals surface area contributed by atoms with E-state index in [1.807, 2.05) is 17.1 Å². The quantitative estimate of drug-likeness (QED) is 0.805. The number of aryl methyl sites for hydroxylation is 1. The van der Waals surface area contributed by atoms with Crippen LogP contribution in [-0.2, 0) is 6.54 Å². The molecule has 0 spiro atoms. The predicted octanol–water partition coefficient (Wildman–Crippen LogP) is 2.84. The number of pyridine rings is 1. The molecule has 0 unspecified atom stereocenters. The van der Waals surface area contributed by atoms with Crippen molar-refractivity contribution in [1.82, 2.24) is 14.8 Å². The maximum absolute atomic E-state index is 9.36. The van der Waals surface area contributed by atoms with Gasteiger partial charge >= 0.3 is 0 Å². The lowest BCUT2D eigenvalue weighted by atomic mass is 10.2. The van der Waals surface area contributed by atoms with E-state index < -0.39 is 0 Å². The van der Waals surface area contributed by atoms with Gasteiger partial charge in [0.15, 0.2) is 0 Å². The molecule has 0 aliphatic carbocycles. The van der Waals surface area contributed by atoms with E-state index in [0.29, 0.717) is 0 Å². The Hall–Kier alpha value is -1.84. The van der Waals surface area contributed by atoms with Crippen LogP contribution >= 0.6 is 0 Å². The molecule has 0 atom stereocenters. The molecule has 0 amide bonds. The molecule has 0 bridgehead atoms. The number of hydrogen-bond acceptors (Lipinski definition) is 3. The third kappa shape index (κ3) is 3.06. The van der Waals surface area contributed by atoms with Crippen molar-refractivity contribution in [2.45, 2.75) is 32.7 Å². The van der Waals surface area contributed by atoms with E-state index in [2.05, 4.69) is 17.0 Å². The zero-order valence-electron chi connectivity index (χ0n) is 10.0. The van der Waals surface area contributed by atoms with Gasteiger partial charge in [-0.05, 0) is 12.5 Å². The minimum absolute atomic E-state index is 0.182. The smallest absolute Gasteiger partial charge is 0.134 e. The normalized spacial score (nSPS) is 10.6. The number of unbranched alkanes of at least 4 members (excludes halogenated alkanes) is 2. The van der Waals surface area contributed by atoms with Crippen LogP contribution in [0.25, 0.3) is 11.1 Å². The van der Waals surface area contributed by atoms with E-state index in [0.717, 1.165) is 24.1 Å². The highest BCUT2D eigenvalue weighted by Gasteiger charge is 2.02. The summed E-state index contributed by atoms with van der Waals surface area (Å²) in [4.78, 5) is 3.96. The molecule has 4 heteroatoms. The van der Waals surface area contributed by atoms with Crippen LogP contribution in [0.4, 0.5) is 0 Å². The van der Waals surface area contributed by atoms with E-state index in [4.69, 9.17) is 0 Å². The minimum atomic E-state index is 0.182. The summed E-state index contributed by atoms with van der Waals surface area (Å²) in [6.45, 7) is 3.13. The molecule has 0 aliphatic rings. The Bertz CT molecular complexity index is 479. The zero-order chi connectivity index (χ0) is 12.1. The summed E-state index contributed by atoms with van der Waals surface area (Å²) in [5.41, 5.74) is 1.89. The van der Waals surface area contributed by atoms with E-state index in [1.165, 1.54) is 19.0 Å². The van der Waals surface area contributed by atoms with Crippen LogP contribution in [0, 0.1) is 0 Å². The molecular weight excluding hydrogens is 214 g/mol. The molecule has 2 heterocycles. The fourth-order valence-electron chi connectivity index (χ4n) is 1.74. The molecular formula is C13H17N3O. The van der Waals surface area contributed by atoms with Crippen molar-refractivity contribution < 1.29 is 5.11 Å². The third-order valence-electron chi connectivity index (χ3n) is 2.68. The topological polar surface area (TPSA) is 50.9 Å². The monoisotopic (exact) mass is 231 g/mol. The van der Waals surface area contributed by atoms with E-state index >= 15 is 0 Å². The lowest BCUT2D eigenvalue weighted by molar-refractivity contribution is 0.473. The molecule has 0 aliphatic heterocycles. The van der Waals surface area contributed by atoms with Crippen molar-refractivity contribution in [3.8, 4) is 16.9 Å². The zero-order valence-corrected chi connectivity index (χ0v) is 10.0. The van der Waals surface area contributed by atoms with Crippen LogP contribution in [-0.4, -0.2) is 19.9 Å². The first-order chi connectivity index (χ1) is 8.29. The number of nitrogens with zero attached hydrogens (tertiary/aromatic N) is 3. The van der Waals surface area contributed by atoms with Crippen LogP contribution in [0.15, 0.2) is 30.9 Å². The standard InChI is InChI=1S/C13H17N3O/c1-2-3-4-5-16-10-12(8-15-16)11-6-13(17)9-14-7-11/h6-10,17H,2-5H2,1H3. The fourth-order valence-corrected chi connectivity index (χ4v) is 1.74. The fraction of sp³-hybridized carbons (Fsp3) is 0.385. The highest BCUT2D eigenvalue weighted by Crippen LogP contribution is 2.21. The van der Waals surface area contributed by atoms with Crippen LogP contribution in [0.1, 0.15) is 26.2 Å². The second kappa shape index (κ2) is 5.48. The molecule has 2 aromatic rings. The summed E-state index contributed by atoms with van der Waals surface area (Å²) >= 11 is 0. The van der Waals surface area contributed by atoms with Gasteiger partial charge in [-0.1, -0.05) is 19.8 Å². The van der Waals surface area contributed by atoms with Gasteiger partial charge in [-0.3, -0.25) is 9.67 Å². The summed E-state index contributed by atoms with van der Waals surface area (Å²) in [7, 11) is 0. The summed E-state index contributed by atoms with van der Waals surface area (Å²) in [6.07, 6.45) is 10.5. The molecule has 0 saturated carbocycles. The maximum Gasteiger partial charge on any atom is 0.134 e. The number of rotatable bonds is 5. The van der Waals surface area contributed by atoms with Gasteiger partial charge in [0.05, 0.1) is 12.4 Å². The van der Waals surface area contributed by atoms with Crippen molar-refractivity contribution in [2.75, 3.05) is 0 Å². The van der Waals surface area contributed by atoms with Gasteiger partial charge in [-0.2, -0.15) is 5.10 Å². The summed E-state index contributed by atoms with van der Waals surface area (Å²) < 4.78 is 1.94. The van der Waals surface area contributed by atoms with Gasteiger partial charge in [0.1, 0.15) is 5.75 Å². The minimum Gasteiger partial charge on any atom is -0.506 e. The largest absolute Gasteiger partial charge is 0.506 e. The van der Waals surface area contributed by atoms with E-state index in [-0.39, 0.29) is 5.75 Å². The summed E-state index contributed by atoms with van der Waals surface area (Å²) in [6, 6.07) is 1.69. The van der Waals surface area contributed by atoms with Gasteiger partial charge in [0.2, 0.25) is 0 Å². The second-order valence-electron chi connectivity index (χ2n) is 4.13. The van der Waals surface area contributed by atoms with Crippen LogP contribution in [0.3, 0.4) is 0 Å². The van der Waals surface area contributed by atoms with Gasteiger partial charge in [-0.15, -0.1) is 0 Å². The molecule has 0 radical (unpaired) electrons. The first-order valence-corrected chi connectivity index (χ1v) is 5.96. The number of aromatic nitrogens is 3. The highest BCUT2D eigenvalue weighted by molar-refractivity contribution is 5.61. The number of aromatic hydroxyl groups is 1. The Balaban J connectivity index is 2.07. The number of hydrogen-bond donors (Lipinski definition) is 1. The van der Waals surface area contributed by atoms with Crippen molar-refractivity contribution in [3.63, 3.8) is 0 Å². The molecule has 2 rings (SSSR count). The van der Waals surface area contributed by atoms with Crippen molar-refractivity contribution in [1.29, 1.82) is 0 Å². The molecule has 1 N–H and O–H groups in total. The molecule has 2 aromatic heterocycles. The molecule has 0 aromatic carbocycles. The van der Waals surface area contributed by atoms with Crippen LogP contribution < -0.4 is 0 Å². The first kappa shape index (κ1) is 11.6. The lowest BCUT2D eigenvalue weighted by Crippen LogP contribution is -1.97. The van der Waals surface area contributed by atoms with Gasteiger partial charge < -0.3 is 5.11 Å². The lowest BCUT2D eigenvalue weighted by Gasteiger charge is -1.99. The molecule has 17 heavy (non-hydrogen) atoms. The maximum atomic E-state index is 9.36. The Morgan fingerprint density at radius 2 is 2.06 bits per heavy atom. The van der Waals surface area contributed by atoms with Crippen LogP contribution in [0.5, 0.6) is 5.75 Å². The van der Waals surface area contributed by atoms with Gasteiger partial charge in [0.25, 0.3) is 0 Å². The van der Waals surface area contributed by atoms with Crippen molar-refractivity contribution in [2.24, 2.45) is 0 Å². The Kier molecular flexibility index (Phi) is 3.75. The van der Waals surface area contributed by atoms with Crippen molar-refractivity contribution in [3.05, 3.63) is 30.9 Å². The third-order valence-corrected chi connectivity index (χ3v) is 2.68. The van der Waals surface area contributed by atoms with E-state index in [9.17, 15) is 5.11 Å². The SMILES string of the molecule is CCCCCn1cc(-c2cncc(O)c2)cn1. The molecule has 0 fully saturated rings.